The summed E-state index contributed by atoms with van der Waals surface area (Å²) < 4.78 is 19.7. The fourth-order valence-corrected chi connectivity index (χ4v) is 2.10. The average molecular weight is 270 g/mol. The van der Waals surface area contributed by atoms with Gasteiger partial charge >= 0.3 is 6.08 Å². The quantitative estimate of drug-likeness (QED) is 0.574. The molecule has 8 nitrogen and oxygen atoms in total. The van der Waals surface area contributed by atoms with Gasteiger partial charge in [0, 0.05) is 0 Å². The molecule has 0 radical (unpaired) electrons. The molecule has 4 atom stereocenters. The summed E-state index contributed by atoms with van der Waals surface area (Å²) >= 11 is 0. The highest BCUT2D eigenvalue weighted by atomic mass is 19.1. The van der Waals surface area contributed by atoms with E-state index in [2.05, 4.69) is 15.0 Å². The van der Waals surface area contributed by atoms with E-state index < -0.39 is 37.2 Å². The van der Waals surface area contributed by atoms with E-state index in [9.17, 15) is 14.6 Å². The number of aliphatic hydroxyl groups excluding tert-OH is 3. The van der Waals surface area contributed by atoms with Crippen LogP contribution in [0.2, 0.25) is 0 Å². The molecule has 3 heterocycles. The van der Waals surface area contributed by atoms with Crippen LogP contribution >= 0.6 is 0 Å². The maximum atomic E-state index is 13.0. The SMILES string of the molecule is OC[C@H]1O[C@@H](n2cnc3cnc(F)nc32)[C@H](O)[C@@H]1O. The van der Waals surface area contributed by atoms with Crippen LogP contribution in [0.25, 0.3) is 11.2 Å². The molecule has 0 saturated carbocycles. The Balaban J connectivity index is 2.03. The lowest BCUT2D eigenvalue weighted by Gasteiger charge is -2.16. The van der Waals surface area contributed by atoms with Gasteiger partial charge in [0.25, 0.3) is 0 Å². The zero-order chi connectivity index (χ0) is 13.6. The first-order chi connectivity index (χ1) is 9.11. The summed E-state index contributed by atoms with van der Waals surface area (Å²) in [6, 6.07) is 0. The molecule has 0 aromatic carbocycles. The standard InChI is InChI=1S/C10H11FN4O4/c11-10-12-1-4-8(14-10)15(3-13-4)9-7(18)6(17)5(2-16)19-9/h1,3,5-7,9,16-18H,2H2/t5-,6-,7-,9-/m1/s1. The van der Waals surface area contributed by atoms with Gasteiger partial charge in [-0.3, -0.25) is 4.57 Å². The molecule has 2 aromatic rings. The Morgan fingerprint density at radius 3 is 2.79 bits per heavy atom. The van der Waals surface area contributed by atoms with Crippen LogP contribution in [0.15, 0.2) is 12.5 Å². The predicted octanol–water partition coefficient (Wildman–Crippen LogP) is -1.42. The van der Waals surface area contributed by atoms with E-state index in [1.54, 1.807) is 0 Å². The Morgan fingerprint density at radius 1 is 1.32 bits per heavy atom. The number of hydrogen-bond acceptors (Lipinski definition) is 7. The number of fused-ring (bicyclic) bond motifs is 1. The Bertz CT molecular complexity index is 606. The van der Waals surface area contributed by atoms with Gasteiger partial charge in [0.15, 0.2) is 11.9 Å². The fourth-order valence-electron chi connectivity index (χ4n) is 2.10. The molecule has 19 heavy (non-hydrogen) atoms. The third-order valence-electron chi connectivity index (χ3n) is 3.08. The van der Waals surface area contributed by atoms with E-state index in [0.29, 0.717) is 5.52 Å². The van der Waals surface area contributed by atoms with E-state index in [1.165, 1.54) is 17.1 Å². The van der Waals surface area contributed by atoms with Gasteiger partial charge in [0.2, 0.25) is 0 Å². The molecule has 1 fully saturated rings. The molecule has 3 rings (SSSR count). The maximum absolute atomic E-state index is 13.0. The van der Waals surface area contributed by atoms with Gasteiger partial charge in [-0.25, -0.2) is 9.97 Å². The minimum atomic E-state index is -1.27. The third kappa shape index (κ3) is 1.87. The van der Waals surface area contributed by atoms with Gasteiger partial charge in [-0.15, -0.1) is 0 Å². The molecular formula is C10H11FN4O4. The van der Waals surface area contributed by atoms with Crippen LogP contribution in [0.5, 0.6) is 0 Å². The number of nitrogens with zero attached hydrogens (tertiary/aromatic N) is 4. The van der Waals surface area contributed by atoms with Gasteiger partial charge in [0.05, 0.1) is 19.1 Å². The van der Waals surface area contributed by atoms with E-state index in [4.69, 9.17) is 9.84 Å². The minimum absolute atomic E-state index is 0.141. The Hall–Kier alpha value is -1.68. The largest absolute Gasteiger partial charge is 0.394 e. The molecule has 0 amide bonds. The van der Waals surface area contributed by atoms with Gasteiger partial charge in [-0.2, -0.15) is 9.37 Å². The second-order valence-electron chi connectivity index (χ2n) is 4.23. The van der Waals surface area contributed by atoms with Crippen molar-refractivity contribution in [2.45, 2.75) is 24.5 Å². The second-order valence-corrected chi connectivity index (χ2v) is 4.23. The van der Waals surface area contributed by atoms with Crippen molar-refractivity contribution >= 4 is 11.2 Å². The van der Waals surface area contributed by atoms with Crippen molar-refractivity contribution in [3.63, 3.8) is 0 Å². The molecule has 102 valence electrons. The number of aliphatic hydroxyl groups is 3. The maximum Gasteiger partial charge on any atom is 0.310 e. The number of aromatic nitrogens is 4. The summed E-state index contributed by atoms with van der Waals surface area (Å²) in [5.74, 6) is 0. The van der Waals surface area contributed by atoms with Crippen molar-refractivity contribution in [1.82, 2.24) is 19.5 Å². The summed E-state index contributed by atoms with van der Waals surface area (Å²) in [4.78, 5) is 10.9. The highest BCUT2D eigenvalue weighted by Gasteiger charge is 2.43. The Labute approximate surface area is 106 Å². The molecule has 1 aliphatic rings. The molecule has 9 heteroatoms. The van der Waals surface area contributed by atoms with Crippen LogP contribution in [0, 0.1) is 6.08 Å². The topological polar surface area (TPSA) is 114 Å². The first kappa shape index (κ1) is 12.4. The van der Waals surface area contributed by atoms with Gasteiger partial charge in [-0.1, -0.05) is 0 Å². The smallest absolute Gasteiger partial charge is 0.310 e. The number of halogens is 1. The Kier molecular flexibility index (Phi) is 2.90. The molecule has 3 N–H and O–H groups in total. The summed E-state index contributed by atoms with van der Waals surface area (Å²) in [6.07, 6.45) is -2.84. The molecular weight excluding hydrogens is 259 g/mol. The van der Waals surface area contributed by atoms with E-state index >= 15 is 0 Å². The summed E-state index contributed by atoms with van der Waals surface area (Å²) in [5, 5.41) is 28.6. The van der Waals surface area contributed by atoms with E-state index in [-0.39, 0.29) is 5.65 Å². The normalized spacial score (nSPS) is 31.2. The van der Waals surface area contributed by atoms with Crippen LogP contribution in [-0.4, -0.2) is 59.8 Å². The highest BCUT2D eigenvalue weighted by Crippen LogP contribution is 2.30. The molecule has 2 aromatic heterocycles. The van der Waals surface area contributed by atoms with Crippen molar-refractivity contribution in [2.75, 3.05) is 6.61 Å². The van der Waals surface area contributed by atoms with Gasteiger partial charge in [-0.05, 0) is 0 Å². The Morgan fingerprint density at radius 2 is 2.11 bits per heavy atom. The molecule has 0 aliphatic carbocycles. The van der Waals surface area contributed by atoms with E-state index in [0.717, 1.165) is 0 Å². The molecule has 0 unspecified atom stereocenters. The third-order valence-corrected chi connectivity index (χ3v) is 3.08. The predicted molar refractivity (Wildman–Crippen MR) is 58.3 cm³/mol. The van der Waals surface area contributed by atoms with Crippen LogP contribution < -0.4 is 0 Å². The number of hydrogen-bond donors (Lipinski definition) is 3. The lowest BCUT2D eigenvalue weighted by molar-refractivity contribution is -0.0511. The van der Waals surface area contributed by atoms with Crippen LogP contribution in [0.1, 0.15) is 6.23 Å². The second kappa shape index (κ2) is 4.46. The lowest BCUT2D eigenvalue weighted by atomic mass is 10.1. The average Bonchev–Trinajstić information content (AvgIpc) is 2.92. The molecule has 0 bridgehead atoms. The molecule has 0 spiro atoms. The van der Waals surface area contributed by atoms with E-state index in [1.807, 2.05) is 0 Å². The zero-order valence-electron chi connectivity index (χ0n) is 9.59. The lowest BCUT2D eigenvalue weighted by Crippen LogP contribution is -2.33. The summed E-state index contributed by atoms with van der Waals surface area (Å²) in [7, 11) is 0. The van der Waals surface area contributed by atoms with Crippen molar-refractivity contribution in [3.05, 3.63) is 18.6 Å². The van der Waals surface area contributed by atoms with Gasteiger partial charge in [0.1, 0.15) is 23.8 Å². The fraction of sp³-hybridized carbons (Fsp3) is 0.500. The van der Waals surface area contributed by atoms with Crippen molar-refractivity contribution in [3.8, 4) is 0 Å². The van der Waals surface area contributed by atoms with Crippen molar-refractivity contribution in [2.24, 2.45) is 0 Å². The number of ether oxygens (including phenoxy) is 1. The molecule has 1 saturated heterocycles. The zero-order valence-corrected chi connectivity index (χ0v) is 9.59. The number of rotatable bonds is 2. The first-order valence-electron chi connectivity index (χ1n) is 5.59. The van der Waals surface area contributed by atoms with Crippen LogP contribution in [0.4, 0.5) is 4.39 Å². The minimum Gasteiger partial charge on any atom is -0.394 e. The number of imidazole rings is 1. The van der Waals surface area contributed by atoms with Crippen LogP contribution in [0.3, 0.4) is 0 Å². The highest BCUT2D eigenvalue weighted by molar-refractivity contribution is 5.69. The van der Waals surface area contributed by atoms with Gasteiger partial charge < -0.3 is 20.1 Å². The first-order valence-corrected chi connectivity index (χ1v) is 5.59. The summed E-state index contributed by atoms with van der Waals surface area (Å²) in [6.45, 7) is -0.440. The monoisotopic (exact) mass is 270 g/mol. The van der Waals surface area contributed by atoms with Crippen molar-refractivity contribution in [1.29, 1.82) is 0 Å². The van der Waals surface area contributed by atoms with Crippen molar-refractivity contribution < 1.29 is 24.4 Å². The van der Waals surface area contributed by atoms with Crippen LogP contribution in [-0.2, 0) is 4.74 Å². The summed E-state index contributed by atoms with van der Waals surface area (Å²) in [5.41, 5.74) is 0.474. The molecule has 1 aliphatic heterocycles.